The van der Waals surface area contributed by atoms with Crippen LogP contribution in [0.5, 0.6) is 11.5 Å². The molecule has 0 radical (unpaired) electrons. The third-order valence-corrected chi connectivity index (χ3v) is 4.91. The van der Waals surface area contributed by atoms with Gasteiger partial charge in [-0.2, -0.15) is 5.10 Å². The number of aryl methyl sites for hydroxylation is 1. The van der Waals surface area contributed by atoms with E-state index in [9.17, 15) is 4.79 Å². The number of carbonyl (C=O) groups is 1. The number of amides is 1. The first-order valence-corrected chi connectivity index (χ1v) is 8.79. The zero-order valence-corrected chi connectivity index (χ0v) is 16.6. The first kappa shape index (κ1) is 18.3. The summed E-state index contributed by atoms with van der Waals surface area (Å²) in [7, 11) is 3.24. The quantitative estimate of drug-likeness (QED) is 0.909. The van der Waals surface area contributed by atoms with Crippen LogP contribution < -0.4 is 14.8 Å². The molecule has 26 heavy (non-hydrogen) atoms. The third-order valence-electron chi connectivity index (χ3n) is 4.91. The van der Waals surface area contributed by atoms with Crippen molar-refractivity contribution in [3.63, 3.8) is 0 Å². The van der Waals surface area contributed by atoms with E-state index in [1.54, 1.807) is 14.2 Å². The number of methoxy groups -OCH3 is 2. The molecule has 140 valence electrons. The van der Waals surface area contributed by atoms with Crippen LogP contribution in [0.3, 0.4) is 0 Å². The van der Waals surface area contributed by atoms with Crippen LogP contribution in [0.25, 0.3) is 0 Å². The number of anilines is 1. The van der Waals surface area contributed by atoms with E-state index in [2.05, 4.69) is 33.0 Å². The lowest BCUT2D eigenvalue weighted by atomic mass is 9.83. The van der Waals surface area contributed by atoms with Gasteiger partial charge in [-0.25, -0.2) is 0 Å². The van der Waals surface area contributed by atoms with Crippen LogP contribution in [0.2, 0.25) is 0 Å². The molecule has 6 heteroatoms. The topological polar surface area (TPSA) is 65.4 Å². The first-order chi connectivity index (χ1) is 12.2. The van der Waals surface area contributed by atoms with Crippen LogP contribution in [0.4, 0.5) is 5.69 Å². The monoisotopic (exact) mass is 357 g/mol. The molecule has 2 aromatic rings. The van der Waals surface area contributed by atoms with E-state index < -0.39 is 0 Å². The van der Waals surface area contributed by atoms with E-state index >= 15 is 0 Å². The van der Waals surface area contributed by atoms with Gasteiger partial charge in [0.25, 0.3) is 0 Å². The molecule has 0 saturated heterocycles. The molecule has 1 aromatic carbocycles. The number of benzene rings is 1. The number of nitrogens with zero attached hydrogens (tertiary/aromatic N) is 2. The minimum atomic E-state index is -0.128. The first-order valence-electron chi connectivity index (χ1n) is 8.79. The Morgan fingerprint density at radius 3 is 2.38 bits per heavy atom. The molecular weight excluding hydrogens is 330 g/mol. The summed E-state index contributed by atoms with van der Waals surface area (Å²) < 4.78 is 13.0. The van der Waals surface area contributed by atoms with Crippen LogP contribution in [-0.4, -0.2) is 29.9 Å². The van der Waals surface area contributed by atoms with E-state index in [4.69, 9.17) is 14.6 Å². The molecule has 1 amide bonds. The van der Waals surface area contributed by atoms with E-state index in [0.717, 1.165) is 28.2 Å². The van der Waals surface area contributed by atoms with Crippen molar-refractivity contribution in [2.45, 2.75) is 52.5 Å². The molecular formula is C20H27N3O3. The Morgan fingerprint density at radius 1 is 1.15 bits per heavy atom. The molecule has 1 aliphatic heterocycles. The number of ether oxygens (including phenoxy) is 2. The van der Waals surface area contributed by atoms with Crippen molar-refractivity contribution in [2.24, 2.45) is 0 Å². The SMILES string of the molecule is COc1cc2c(c(OC)c1)[C@H](c1c(C)nn(C(C)(C)C)c1C)CC(=O)N2. The standard InChI is InChI=1S/C20H27N3O3/c1-11-18(12(2)23(22-11)20(3,4)5)14-10-17(24)21-15-8-13(25-6)9-16(26-7)19(14)15/h8-9,14H,10H2,1-7H3,(H,21,24)/t14-/m0/s1. The summed E-state index contributed by atoms with van der Waals surface area (Å²) in [6, 6.07) is 3.71. The van der Waals surface area contributed by atoms with Crippen LogP contribution >= 0.6 is 0 Å². The molecule has 6 nitrogen and oxygen atoms in total. The van der Waals surface area contributed by atoms with Gasteiger partial charge in [-0.05, 0) is 34.6 Å². The molecule has 0 aliphatic carbocycles. The Bertz CT molecular complexity index is 862. The molecule has 1 aliphatic rings. The predicted octanol–water partition coefficient (Wildman–Crippen LogP) is 3.75. The fourth-order valence-corrected chi connectivity index (χ4v) is 3.90. The van der Waals surface area contributed by atoms with Gasteiger partial charge in [0, 0.05) is 41.3 Å². The second kappa shape index (κ2) is 6.34. The van der Waals surface area contributed by atoms with E-state index in [0.29, 0.717) is 17.9 Å². The van der Waals surface area contributed by atoms with E-state index in [-0.39, 0.29) is 17.4 Å². The van der Waals surface area contributed by atoms with Gasteiger partial charge in [-0.3, -0.25) is 9.48 Å². The van der Waals surface area contributed by atoms with Crippen LogP contribution in [0, 0.1) is 13.8 Å². The highest BCUT2D eigenvalue weighted by atomic mass is 16.5. The zero-order valence-electron chi connectivity index (χ0n) is 16.6. The second-order valence-corrected chi connectivity index (χ2v) is 7.76. The number of hydrogen-bond donors (Lipinski definition) is 1. The van der Waals surface area contributed by atoms with Gasteiger partial charge in [-0.1, -0.05) is 0 Å². The van der Waals surface area contributed by atoms with Crippen molar-refractivity contribution >= 4 is 11.6 Å². The number of rotatable bonds is 3. The molecule has 3 rings (SSSR count). The maximum Gasteiger partial charge on any atom is 0.225 e. The van der Waals surface area contributed by atoms with Gasteiger partial charge in [0.2, 0.25) is 5.91 Å². The van der Waals surface area contributed by atoms with Gasteiger partial charge < -0.3 is 14.8 Å². The number of aromatic nitrogens is 2. The summed E-state index contributed by atoms with van der Waals surface area (Å²) in [6.45, 7) is 10.5. The lowest BCUT2D eigenvalue weighted by Crippen LogP contribution is -2.26. The fraction of sp³-hybridized carbons (Fsp3) is 0.500. The summed E-state index contributed by atoms with van der Waals surface area (Å²) in [5, 5.41) is 7.72. The lowest BCUT2D eigenvalue weighted by Gasteiger charge is -2.29. The van der Waals surface area contributed by atoms with Gasteiger partial charge in [0.05, 0.1) is 31.1 Å². The summed E-state index contributed by atoms with van der Waals surface area (Å²) in [6.07, 6.45) is 0.368. The summed E-state index contributed by atoms with van der Waals surface area (Å²) >= 11 is 0. The Kier molecular flexibility index (Phi) is 4.46. The Labute approximate surface area is 154 Å². The van der Waals surface area contributed by atoms with E-state index in [1.807, 2.05) is 23.7 Å². The minimum absolute atomic E-state index is 0.0138. The molecule has 0 bridgehead atoms. The summed E-state index contributed by atoms with van der Waals surface area (Å²) in [5.41, 5.74) is 4.72. The third kappa shape index (κ3) is 2.93. The Morgan fingerprint density at radius 2 is 1.85 bits per heavy atom. The zero-order chi connectivity index (χ0) is 19.2. The van der Waals surface area contributed by atoms with Crippen LogP contribution in [0.15, 0.2) is 12.1 Å². The highest BCUT2D eigenvalue weighted by molar-refractivity contribution is 5.96. The Balaban J connectivity index is 2.24. The maximum absolute atomic E-state index is 12.4. The van der Waals surface area contributed by atoms with Crippen LogP contribution in [0.1, 0.15) is 55.6 Å². The number of nitrogens with one attached hydrogen (secondary N) is 1. The molecule has 0 spiro atoms. The normalized spacial score (nSPS) is 16.9. The highest BCUT2D eigenvalue weighted by Crippen LogP contribution is 2.46. The molecule has 0 unspecified atom stereocenters. The lowest BCUT2D eigenvalue weighted by molar-refractivity contribution is -0.116. The largest absolute Gasteiger partial charge is 0.497 e. The molecule has 1 aromatic heterocycles. The maximum atomic E-state index is 12.4. The average molecular weight is 357 g/mol. The van der Waals surface area contributed by atoms with Gasteiger partial charge >= 0.3 is 0 Å². The minimum Gasteiger partial charge on any atom is -0.497 e. The molecule has 1 N–H and O–H groups in total. The number of hydrogen-bond acceptors (Lipinski definition) is 4. The van der Waals surface area contributed by atoms with Crippen molar-refractivity contribution < 1.29 is 14.3 Å². The Hall–Kier alpha value is -2.50. The molecule has 1 atom stereocenters. The average Bonchev–Trinajstić information content (AvgIpc) is 2.87. The predicted molar refractivity (Wildman–Crippen MR) is 101 cm³/mol. The summed E-state index contributed by atoms with van der Waals surface area (Å²) in [5.74, 6) is 1.25. The van der Waals surface area contributed by atoms with Crippen LogP contribution in [-0.2, 0) is 10.3 Å². The molecule has 0 fully saturated rings. The smallest absolute Gasteiger partial charge is 0.225 e. The van der Waals surface area contributed by atoms with E-state index in [1.165, 1.54) is 0 Å². The second-order valence-electron chi connectivity index (χ2n) is 7.76. The van der Waals surface area contributed by atoms with Crippen molar-refractivity contribution in [2.75, 3.05) is 19.5 Å². The van der Waals surface area contributed by atoms with Gasteiger partial charge in [-0.15, -0.1) is 0 Å². The van der Waals surface area contributed by atoms with Crippen molar-refractivity contribution in [3.8, 4) is 11.5 Å². The fourth-order valence-electron chi connectivity index (χ4n) is 3.90. The molecule has 0 saturated carbocycles. The van der Waals surface area contributed by atoms with Crippen molar-refractivity contribution in [3.05, 3.63) is 34.6 Å². The highest BCUT2D eigenvalue weighted by Gasteiger charge is 2.35. The number of carbonyl (C=O) groups excluding carboxylic acids is 1. The number of fused-ring (bicyclic) bond motifs is 1. The summed E-state index contributed by atoms with van der Waals surface area (Å²) in [4.78, 5) is 12.4. The van der Waals surface area contributed by atoms with Crippen molar-refractivity contribution in [1.29, 1.82) is 0 Å². The van der Waals surface area contributed by atoms with Gasteiger partial charge in [0.1, 0.15) is 11.5 Å². The molecule has 2 heterocycles. The van der Waals surface area contributed by atoms with Crippen molar-refractivity contribution in [1.82, 2.24) is 9.78 Å². The van der Waals surface area contributed by atoms with Gasteiger partial charge in [0.15, 0.2) is 0 Å².